The Bertz CT molecular complexity index is 646. The van der Waals surface area contributed by atoms with E-state index >= 15 is 0 Å². The third-order valence-electron chi connectivity index (χ3n) is 3.14. The molecule has 1 aromatic rings. The minimum absolute atomic E-state index is 0.124. The molecule has 0 aromatic heterocycles. The second-order valence-electron chi connectivity index (χ2n) is 4.71. The van der Waals surface area contributed by atoms with E-state index < -0.39 is 0 Å². The van der Waals surface area contributed by atoms with Crippen LogP contribution in [0.15, 0.2) is 50.4 Å². The van der Waals surface area contributed by atoms with E-state index in [1.165, 1.54) is 4.91 Å². The predicted molar refractivity (Wildman–Crippen MR) is 87.2 cm³/mol. The summed E-state index contributed by atoms with van der Waals surface area (Å²) in [5.41, 5.74) is 1.79. The van der Waals surface area contributed by atoms with Crippen LogP contribution in [-0.4, -0.2) is 22.5 Å². The molecule has 0 fully saturated rings. The fourth-order valence-electron chi connectivity index (χ4n) is 2.15. The average molecular weight is 349 g/mol. The molecule has 3 rings (SSSR count). The molecular weight excluding hydrogens is 336 g/mol. The Morgan fingerprint density at radius 1 is 1.35 bits per heavy atom. The lowest BCUT2D eigenvalue weighted by atomic mass is 10.1. The van der Waals surface area contributed by atoms with Gasteiger partial charge in [0.2, 0.25) is 0 Å². The average Bonchev–Trinajstić information content (AvgIpc) is 2.70. The van der Waals surface area contributed by atoms with Crippen LogP contribution in [0.1, 0.15) is 18.9 Å². The van der Waals surface area contributed by atoms with E-state index in [2.05, 4.69) is 32.0 Å². The number of allylic oxidation sites excluding steroid dienone is 1. The van der Waals surface area contributed by atoms with Crippen molar-refractivity contribution in [1.82, 2.24) is 4.90 Å². The highest BCUT2D eigenvalue weighted by atomic mass is 79.9. The van der Waals surface area contributed by atoms with Gasteiger partial charge in [-0.1, -0.05) is 39.8 Å². The van der Waals surface area contributed by atoms with E-state index in [0.717, 1.165) is 27.3 Å². The van der Waals surface area contributed by atoms with Gasteiger partial charge in [0, 0.05) is 27.7 Å². The smallest absolute Gasteiger partial charge is 0.275 e. The summed E-state index contributed by atoms with van der Waals surface area (Å²) in [6.07, 6.45) is 4.70. The van der Waals surface area contributed by atoms with Crippen LogP contribution in [0, 0.1) is 0 Å². The van der Waals surface area contributed by atoms with Gasteiger partial charge in [-0.3, -0.25) is 4.79 Å². The highest BCUT2D eigenvalue weighted by Crippen LogP contribution is 2.30. The van der Waals surface area contributed by atoms with Gasteiger partial charge in [0.1, 0.15) is 0 Å². The van der Waals surface area contributed by atoms with Gasteiger partial charge in [-0.05, 0) is 37.1 Å². The Morgan fingerprint density at radius 2 is 2.10 bits per heavy atom. The number of halogens is 1. The lowest BCUT2D eigenvalue weighted by Crippen LogP contribution is -2.19. The number of aliphatic imine (C=N–C) groups is 1. The zero-order chi connectivity index (χ0) is 14.1. The van der Waals surface area contributed by atoms with Crippen molar-refractivity contribution in [2.45, 2.75) is 13.3 Å². The number of amides is 1. The van der Waals surface area contributed by atoms with E-state index in [1.807, 2.05) is 37.3 Å². The third kappa shape index (κ3) is 2.88. The van der Waals surface area contributed by atoms with Gasteiger partial charge < -0.3 is 4.90 Å². The van der Waals surface area contributed by atoms with Crippen molar-refractivity contribution in [3.05, 3.63) is 51.0 Å². The third-order valence-corrected chi connectivity index (χ3v) is 4.60. The Kier molecular flexibility index (Phi) is 3.81. The van der Waals surface area contributed by atoms with E-state index in [-0.39, 0.29) is 5.91 Å². The Balaban J connectivity index is 1.86. The van der Waals surface area contributed by atoms with E-state index in [4.69, 9.17) is 0 Å². The first-order chi connectivity index (χ1) is 9.61. The van der Waals surface area contributed by atoms with Crippen LogP contribution in [0.25, 0.3) is 6.08 Å². The van der Waals surface area contributed by atoms with Crippen molar-refractivity contribution in [3.8, 4) is 0 Å². The number of carbonyl (C=O) groups excluding carboxylic acids is 1. The topological polar surface area (TPSA) is 32.7 Å². The quantitative estimate of drug-likeness (QED) is 0.718. The normalized spacial score (nSPS) is 20.6. The molecule has 102 valence electrons. The van der Waals surface area contributed by atoms with Crippen molar-refractivity contribution in [2.75, 3.05) is 6.54 Å². The zero-order valence-corrected chi connectivity index (χ0v) is 13.4. The molecule has 0 saturated heterocycles. The maximum Gasteiger partial charge on any atom is 0.275 e. The maximum absolute atomic E-state index is 12.2. The Hall–Kier alpha value is -1.33. The van der Waals surface area contributed by atoms with Gasteiger partial charge in [-0.25, -0.2) is 0 Å². The lowest BCUT2D eigenvalue weighted by Gasteiger charge is -2.11. The van der Waals surface area contributed by atoms with Crippen LogP contribution < -0.4 is 0 Å². The first-order valence-electron chi connectivity index (χ1n) is 6.34. The minimum Gasteiger partial charge on any atom is -0.326 e. The number of hydrogen-bond acceptors (Lipinski definition) is 3. The lowest BCUT2D eigenvalue weighted by molar-refractivity contribution is -0.114. The highest BCUT2D eigenvalue weighted by molar-refractivity contribution is 9.10. The van der Waals surface area contributed by atoms with Gasteiger partial charge in [0.25, 0.3) is 5.91 Å². The monoisotopic (exact) mass is 348 g/mol. The minimum atomic E-state index is -0.124. The highest BCUT2D eigenvalue weighted by Gasteiger charge is 2.24. The second-order valence-corrected chi connectivity index (χ2v) is 6.83. The molecule has 0 atom stereocenters. The van der Waals surface area contributed by atoms with Crippen LogP contribution in [0.3, 0.4) is 0 Å². The van der Waals surface area contributed by atoms with E-state index in [0.29, 0.717) is 6.42 Å². The summed E-state index contributed by atoms with van der Waals surface area (Å²) >= 11 is 4.97. The summed E-state index contributed by atoms with van der Waals surface area (Å²) < 4.78 is 1.03. The number of benzene rings is 1. The van der Waals surface area contributed by atoms with Gasteiger partial charge in [0.05, 0.1) is 0 Å². The SMILES string of the molecule is CC1=CN2CC/C(=C\c3ccc(Br)cc3)C(=O)N=C2S1. The number of rotatable bonds is 1. The van der Waals surface area contributed by atoms with Crippen molar-refractivity contribution in [2.24, 2.45) is 4.99 Å². The fourth-order valence-corrected chi connectivity index (χ4v) is 3.27. The Morgan fingerprint density at radius 3 is 2.85 bits per heavy atom. The number of thioether (sulfide) groups is 1. The molecule has 2 aliphatic heterocycles. The van der Waals surface area contributed by atoms with Crippen molar-refractivity contribution >= 4 is 44.8 Å². The predicted octanol–water partition coefficient (Wildman–Crippen LogP) is 4.03. The van der Waals surface area contributed by atoms with Crippen LogP contribution in [-0.2, 0) is 4.79 Å². The molecule has 5 heteroatoms. The number of carbonyl (C=O) groups is 1. The van der Waals surface area contributed by atoms with E-state index in [1.54, 1.807) is 11.8 Å². The molecule has 1 aromatic carbocycles. The van der Waals surface area contributed by atoms with Crippen LogP contribution >= 0.6 is 27.7 Å². The molecule has 0 N–H and O–H groups in total. The van der Waals surface area contributed by atoms with E-state index in [9.17, 15) is 4.79 Å². The zero-order valence-electron chi connectivity index (χ0n) is 11.0. The molecule has 2 aliphatic rings. The molecule has 0 spiro atoms. The van der Waals surface area contributed by atoms with Gasteiger partial charge in [0.15, 0.2) is 5.17 Å². The molecule has 0 bridgehead atoms. The standard InChI is InChI=1S/C15H13BrN2OS/c1-10-9-18-7-6-12(14(19)17-15(18)20-10)8-11-2-4-13(16)5-3-11/h2-5,8-9H,6-7H2,1H3/b12-8+. The fraction of sp³-hybridized carbons (Fsp3) is 0.200. The molecule has 2 heterocycles. The number of nitrogens with zero attached hydrogens (tertiary/aromatic N) is 2. The van der Waals surface area contributed by atoms with Gasteiger partial charge in [-0.15, -0.1) is 0 Å². The molecule has 0 radical (unpaired) electrons. The maximum atomic E-state index is 12.2. The summed E-state index contributed by atoms with van der Waals surface area (Å²) in [4.78, 5) is 19.7. The van der Waals surface area contributed by atoms with Crippen LogP contribution in [0.2, 0.25) is 0 Å². The molecular formula is C15H13BrN2OS. The first kappa shape index (κ1) is 13.6. The largest absolute Gasteiger partial charge is 0.326 e. The molecule has 3 nitrogen and oxygen atoms in total. The summed E-state index contributed by atoms with van der Waals surface area (Å²) in [5.74, 6) is -0.124. The molecule has 0 saturated carbocycles. The Labute approximate surface area is 130 Å². The molecule has 0 aliphatic carbocycles. The summed E-state index contributed by atoms with van der Waals surface area (Å²) in [7, 11) is 0. The number of hydrogen-bond donors (Lipinski definition) is 0. The summed E-state index contributed by atoms with van der Waals surface area (Å²) in [5, 5.41) is 0.798. The summed E-state index contributed by atoms with van der Waals surface area (Å²) in [6, 6.07) is 7.92. The van der Waals surface area contributed by atoms with Crippen LogP contribution in [0.4, 0.5) is 0 Å². The van der Waals surface area contributed by atoms with Crippen molar-refractivity contribution in [3.63, 3.8) is 0 Å². The van der Waals surface area contributed by atoms with Crippen molar-refractivity contribution < 1.29 is 4.79 Å². The molecule has 0 unspecified atom stereocenters. The second kappa shape index (κ2) is 5.58. The van der Waals surface area contributed by atoms with Crippen LogP contribution in [0.5, 0.6) is 0 Å². The molecule has 20 heavy (non-hydrogen) atoms. The first-order valence-corrected chi connectivity index (χ1v) is 7.95. The van der Waals surface area contributed by atoms with Gasteiger partial charge >= 0.3 is 0 Å². The number of amidine groups is 1. The van der Waals surface area contributed by atoms with Gasteiger partial charge in [-0.2, -0.15) is 4.99 Å². The number of fused-ring (bicyclic) bond motifs is 1. The van der Waals surface area contributed by atoms with Crippen molar-refractivity contribution in [1.29, 1.82) is 0 Å². The summed E-state index contributed by atoms with van der Waals surface area (Å²) in [6.45, 7) is 2.84. The molecule has 1 amide bonds.